The predicted molar refractivity (Wildman–Crippen MR) is 97.5 cm³/mol. The number of benzene rings is 1. The van der Waals surface area contributed by atoms with Crippen molar-refractivity contribution in [1.29, 1.82) is 0 Å². The van der Waals surface area contributed by atoms with E-state index in [-0.39, 0.29) is 6.09 Å². The third kappa shape index (κ3) is 4.66. The molecule has 0 saturated heterocycles. The van der Waals surface area contributed by atoms with E-state index in [0.717, 1.165) is 11.1 Å². The SMILES string of the molecule is CCOC(=O)/C=C/c1cc2c(c(Cl)c1N)CCN(C(=O)OCC)CC2. The average molecular weight is 367 g/mol. The van der Waals surface area contributed by atoms with Crippen LogP contribution in [0.5, 0.6) is 0 Å². The molecule has 1 amide bonds. The van der Waals surface area contributed by atoms with E-state index in [0.29, 0.717) is 55.4 Å². The van der Waals surface area contributed by atoms with E-state index in [4.69, 9.17) is 26.8 Å². The molecule has 0 fully saturated rings. The van der Waals surface area contributed by atoms with Gasteiger partial charge in [-0.2, -0.15) is 0 Å². The minimum Gasteiger partial charge on any atom is -0.463 e. The van der Waals surface area contributed by atoms with Crippen LogP contribution in [0.1, 0.15) is 30.5 Å². The van der Waals surface area contributed by atoms with Crippen LogP contribution in [-0.2, 0) is 27.1 Å². The second kappa shape index (κ2) is 8.76. The van der Waals surface area contributed by atoms with Gasteiger partial charge in [0.1, 0.15) is 0 Å². The Morgan fingerprint density at radius 1 is 1.24 bits per heavy atom. The number of rotatable bonds is 4. The molecule has 7 heteroatoms. The van der Waals surface area contributed by atoms with Gasteiger partial charge in [-0.3, -0.25) is 0 Å². The van der Waals surface area contributed by atoms with Gasteiger partial charge in [0.05, 0.1) is 23.9 Å². The summed E-state index contributed by atoms with van der Waals surface area (Å²) in [5, 5.41) is 0.478. The van der Waals surface area contributed by atoms with Crippen molar-refractivity contribution in [3.63, 3.8) is 0 Å². The molecule has 1 aliphatic heterocycles. The molecule has 0 saturated carbocycles. The lowest BCUT2D eigenvalue weighted by Crippen LogP contribution is -2.33. The van der Waals surface area contributed by atoms with E-state index < -0.39 is 5.97 Å². The van der Waals surface area contributed by atoms with Gasteiger partial charge in [0.15, 0.2) is 0 Å². The number of nitrogen functional groups attached to an aromatic ring is 1. The Kier molecular flexibility index (Phi) is 6.70. The van der Waals surface area contributed by atoms with Crippen LogP contribution in [0, 0.1) is 0 Å². The van der Waals surface area contributed by atoms with Crippen molar-refractivity contribution in [1.82, 2.24) is 4.90 Å². The first-order valence-electron chi connectivity index (χ1n) is 8.34. The fourth-order valence-electron chi connectivity index (χ4n) is 2.77. The molecule has 0 unspecified atom stereocenters. The summed E-state index contributed by atoms with van der Waals surface area (Å²) in [7, 11) is 0. The molecule has 136 valence electrons. The molecule has 1 aromatic carbocycles. The molecule has 6 nitrogen and oxygen atoms in total. The summed E-state index contributed by atoms with van der Waals surface area (Å²) in [5.41, 5.74) is 9.18. The molecule has 1 aromatic rings. The summed E-state index contributed by atoms with van der Waals surface area (Å²) in [4.78, 5) is 25.1. The summed E-state index contributed by atoms with van der Waals surface area (Å²) < 4.78 is 9.94. The molecule has 2 N–H and O–H groups in total. The van der Waals surface area contributed by atoms with Crippen molar-refractivity contribution < 1.29 is 19.1 Å². The highest BCUT2D eigenvalue weighted by Gasteiger charge is 2.22. The number of halogens is 1. The second-order valence-corrected chi connectivity index (χ2v) is 5.98. The van der Waals surface area contributed by atoms with Crippen molar-refractivity contribution in [2.45, 2.75) is 26.7 Å². The van der Waals surface area contributed by atoms with Crippen molar-refractivity contribution in [2.24, 2.45) is 0 Å². The minimum atomic E-state index is -0.429. The van der Waals surface area contributed by atoms with Gasteiger partial charge in [0.25, 0.3) is 0 Å². The normalized spacial score (nSPS) is 14.1. The summed E-state index contributed by atoms with van der Waals surface area (Å²) in [6.45, 7) is 5.26. The number of hydrogen-bond donors (Lipinski definition) is 1. The maximum Gasteiger partial charge on any atom is 0.409 e. The Labute approximate surface area is 152 Å². The summed E-state index contributed by atoms with van der Waals surface area (Å²) in [5.74, 6) is -0.429. The highest BCUT2D eigenvalue weighted by molar-refractivity contribution is 6.34. The minimum absolute atomic E-state index is 0.313. The molecule has 0 aromatic heterocycles. The zero-order chi connectivity index (χ0) is 18.4. The van der Waals surface area contributed by atoms with Gasteiger partial charge in [-0.15, -0.1) is 0 Å². The number of carbonyl (C=O) groups is 2. The third-order valence-electron chi connectivity index (χ3n) is 4.02. The number of carbonyl (C=O) groups excluding carboxylic acids is 2. The quantitative estimate of drug-likeness (QED) is 0.503. The van der Waals surface area contributed by atoms with Crippen molar-refractivity contribution in [2.75, 3.05) is 32.0 Å². The molecule has 1 aliphatic rings. The van der Waals surface area contributed by atoms with E-state index >= 15 is 0 Å². The number of fused-ring (bicyclic) bond motifs is 1. The summed E-state index contributed by atoms with van der Waals surface area (Å²) in [6.07, 6.45) is 3.88. The van der Waals surface area contributed by atoms with E-state index in [2.05, 4.69) is 0 Å². The van der Waals surface area contributed by atoms with Crippen LogP contribution >= 0.6 is 11.6 Å². The highest BCUT2D eigenvalue weighted by Crippen LogP contribution is 2.33. The molecule has 0 radical (unpaired) electrons. The lowest BCUT2D eigenvalue weighted by atomic mass is 9.98. The molecule has 0 aliphatic carbocycles. The van der Waals surface area contributed by atoms with E-state index in [1.54, 1.807) is 24.8 Å². The number of esters is 1. The van der Waals surface area contributed by atoms with Crippen LogP contribution in [-0.4, -0.2) is 43.3 Å². The van der Waals surface area contributed by atoms with E-state index in [1.165, 1.54) is 6.08 Å². The van der Waals surface area contributed by atoms with Crippen molar-refractivity contribution in [3.05, 3.63) is 33.9 Å². The molecule has 25 heavy (non-hydrogen) atoms. The number of ether oxygens (including phenoxy) is 2. The van der Waals surface area contributed by atoms with Gasteiger partial charge < -0.3 is 20.1 Å². The number of nitrogens with zero attached hydrogens (tertiary/aromatic N) is 1. The van der Waals surface area contributed by atoms with Gasteiger partial charge in [-0.25, -0.2) is 9.59 Å². The fourth-order valence-corrected chi connectivity index (χ4v) is 3.10. The molecule has 2 rings (SSSR count). The smallest absolute Gasteiger partial charge is 0.409 e. The molecular formula is C18H23ClN2O4. The standard InChI is InChI=1S/C18H23ClN2O4/c1-3-24-15(22)6-5-13-11-12-7-9-21(18(23)25-4-2)10-8-14(12)16(19)17(13)20/h5-6,11H,3-4,7-10,20H2,1-2H3/b6-5+. The number of hydrogen-bond acceptors (Lipinski definition) is 5. The Bertz CT molecular complexity index is 688. The van der Waals surface area contributed by atoms with Gasteiger partial charge in [0.2, 0.25) is 0 Å². The molecular weight excluding hydrogens is 344 g/mol. The maximum atomic E-state index is 11.9. The maximum absolute atomic E-state index is 11.9. The van der Waals surface area contributed by atoms with Crippen molar-refractivity contribution >= 4 is 35.4 Å². The lowest BCUT2D eigenvalue weighted by molar-refractivity contribution is -0.137. The van der Waals surface area contributed by atoms with Crippen LogP contribution in [0.15, 0.2) is 12.1 Å². The molecule has 0 spiro atoms. The Balaban J connectivity index is 2.24. The monoisotopic (exact) mass is 366 g/mol. The summed E-state index contributed by atoms with van der Waals surface area (Å²) >= 11 is 6.44. The molecule has 0 bridgehead atoms. The van der Waals surface area contributed by atoms with Gasteiger partial charge >= 0.3 is 12.1 Å². The molecule has 1 heterocycles. The predicted octanol–water partition coefficient (Wildman–Crippen LogP) is 3.06. The highest BCUT2D eigenvalue weighted by atomic mass is 35.5. The summed E-state index contributed by atoms with van der Waals surface area (Å²) in [6, 6.07) is 1.92. The van der Waals surface area contributed by atoms with Gasteiger partial charge in [-0.1, -0.05) is 11.6 Å². The first-order valence-corrected chi connectivity index (χ1v) is 8.71. The van der Waals surface area contributed by atoms with Crippen molar-refractivity contribution in [3.8, 4) is 0 Å². The van der Waals surface area contributed by atoms with E-state index in [9.17, 15) is 9.59 Å². The Morgan fingerprint density at radius 2 is 1.92 bits per heavy atom. The number of amides is 1. The largest absolute Gasteiger partial charge is 0.463 e. The first-order chi connectivity index (χ1) is 12.0. The van der Waals surface area contributed by atoms with Crippen LogP contribution in [0.3, 0.4) is 0 Å². The van der Waals surface area contributed by atoms with Crippen LogP contribution in [0.2, 0.25) is 5.02 Å². The Hall–Kier alpha value is -2.21. The van der Waals surface area contributed by atoms with Gasteiger partial charge in [-0.05, 0) is 55.5 Å². The van der Waals surface area contributed by atoms with Crippen LogP contribution in [0.25, 0.3) is 6.08 Å². The van der Waals surface area contributed by atoms with E-state index in [1.807, 2.05) is 6.07 Å². The van der Waals surface area contributed by atoms with Crippen LogP contribution in [0.4, 0.5) is 10.5 Å². The lowest BCUT2D eigenvalue weighted by Gasteiger charge is -2.18. The average Bonchev–Trinajstić information content (AvgIpc) is 2.80. The van der Waals surface area contributed by atoms with Gasteiger partial charge in [0, 0.05) is 19.2 Å². The zero-order valence-corrected chi connectivity index (χ0v) is 15.3. The fraction of sp³-hybridized carbons (Fsp3) is 0.444. The van der Waals surface area contributed by atoms with Crippen LogP contribution < -0.4 is 5.73 Å². The molecule has 0 atom stereocenters. The zero-order valence-electron chi connectivity index (χ0n) is 14.5. The Morgan fingerprint density at radius 3 is 2.60 bits per heavy atom. The number of anilines is 1. The number of nitrogens with two attached hydrogens (primary N) is 1. The second-order valence-electron chi connectivity index (χ2n) is 5.60. The first kappa shape index (κ1) is 19.1. The topological polar surface area (TPSA) is 81.9 Å². The third-order valence-corrected chi connectivity index (χ3v) is 4.46.